The van der Waals surface area contributed by atoms with Crippen LogP contribution in [-0.2, 0) is 12.5 Å². The molecule has 0 spiro atoms. The molecule has 100 valence electrons. The van der Waals surface area contributed by atoms with E-state index >= 15 is 0 Å². The number of anilines is 1. The molecule has 0 heterocycles. The molecule has 8 heteroatoms. The number of nitrogens with two attached hydrogens (primary N) is 1. The standard InChI is InChI=1S/C10H15AsN2O5/c1-2-7-17-18-11(15,16)8-3-5-9(6-4-8)13-10(12)14/h3-6H,2,7H2,1H3,(H,15,16)(H3,12,13,14). The molecule has 0 aliphatic rings. The van der Waals surface area contributed by atoms with Crippen LogP contribution in [0.1, 0.15) is 13.3 Å². The molecule has 1 rings (SSSR count). The molecule has 0 aliphatic heterocycles. The van der Waals surface area contributed by atoms with Crippen molar-refractivity contribution in [2.75, 3.05) is 11.9 Å². The van der Waals surface area contributed by atoms with Gasteiger partial charge in [-0.3, -0.25) is 0 Å². The Bertz CT molecular complexity index is 448. The first-order valence-corrected chi connectivity index (χ1v) is 8.58. The third kappa shape index (κ3) is 4.54. The van der Waals surface area contributed by atoms with Gasteiger partial charge >= 0.3 is 107 Å². The first-order valence-electron chi connectivity index (χ1n) is 5.27. The van der Waals surface area contributed by atoms with Crippen LogP contribution in [0.2, 0.25) is 0 Å². The Morgan fingerprint density at radius 2 is 2.06 bits per heavy atom. The van der Waals surface area contributed by atoms with Crippen LogP contribution in [0.4, 0.5) is 10.5 Å². The monoisotopic (exact) mass is 318 g/mol. The fraction of sp³-hybridized carbons (Fsp3) is 0.300. The average Bonchev–Trinajstić information content (AvgIpc) is 2.29. The molecule has 4 N–H and O–H groups in total. The van der Waals surface area contributed by atoms with Crippen molar-refractivity contribution in [3.05, 3.63) is 24.3 Å². The number of nitrogens with one attached hydrogen (secondary N) is 1. The Labute approximate surface area is 107 Å². The van der Waals surface area contributed by atoms with Gasteiger partial charge in [0.15, 0.2) is 0 Å². The molecule has 0 radical (unpaired) electrons. The van der Waals surface area contributed by atoms with E-state index in [4.69, 9.17) is 5.73 Å². The van der Waals surface area contributed by atoms with Gasteiger partial charge in [-0.15, -0.1) is 0 Å². The van der Waals surface area contributed by atoms with Gasteiger partial charge in [-0.25, -0.2) is 0 Å². The predicted octanol–water partition coefficient (Wildman–Crippen LogP) is 0.104. The summed E-state index contributed by atoms with van der Waals surface area (Å²) in [5.41, 5.74) is 5.36. The Morgan fingerprint density at radius 3 is 2.56 bits per heavy atom. The number of carbonyl (C=O) groups excluding carboxylic acids is 1. The summed E-state index contributed by atoms with van der Waals surface area (Å²) >= 11 is -4.65. The molecule has 7 nitrogen and oxygen atoms in total. The fourth-order valence-electron chi connectivity index (χ4n) is 1.11. The number of rotatable bonds is 6. The summed E-state index contributed by atoms with van der Waals surface area (Å²) in [6, 6.07) is 4.95. The van der Waals surface area contributed by atoms with Crippen molar-refractivity contribution in [2.45, 2.75) is 13.3 Å². The molecule has 0 saturated carbocycles. The van der Waals surface area contributed by atoms with Crippen LogP contribution in [0.25, 0.3) is 0 Å². The van der Waals surface area contributed by atoms with Gasteiger partial charge in [-0.05, 0) is 0 Å². The van der Waals surface area contributed by atoms with Crippen molar-refractivity contribution in [1.29, 1.82) is 0 Å². The third-order valence-electron chi connectivity index (χ3n) is 1.90. The molecule has 1 atom stereocenters. The number of hydrogen-bond acceptors (Lipinski definition) is 4. The molecule has 0 aromatic heterocycles. The van der Waals surface area contributed by atoms with Gasteiger partial charge in [0, 0.05) is 0 Å². The number of carbonyl (C=O) groups is 1. The van der Waals surface area contributed by atoms with E-state index in [0.717, 1.165) is 0 Å². The van der Waals surface area contributed by atoms with E-state index in [1.807, 2.05) is 6.92 Å². The summed E-state index contributed by atoms with van der Waals surface area (Å²) in [6.45, 7) is 2.09. The first-order chi connectivity index (χ1) is 8.45. The van der Waals surface area contributed by atoms with E-state index in [-0.39, 0.29) is 11.0 Å². The summed E-state index contributed by atoms with van der Waals surface area (Å²) in [5.74, 6) is 0. The maximum atomic E-state index is 11.8. The minimum atomic E-state index is -4.65. The molecule has 18 heavy (non-hydrogen) atoms. The molecule has 0 saturated heterocycles. The Hall–Kier alpha value is -1.27. The van der Waals surface area contributed by atoms with Crippen molar-refractivity contribution in [3.8, 4) is 0 Å². The van der Waals surface area contributed by atoms with Gasteiger partial charge in [0.25, 0.3) is 0 Å². The third-order valence-corrected chi connectivity index (χ3v) is 4.54. The van der Waals surface area contributed by atoms with E-state index < -0.39 is 20.2 Å². The van der Waals surface area contributed by atoms with Gasteiger partial charge in [0.1, 0.15) is 0 Å². The molecule has 1 unspecified atom stereocenters. The SMILES string of the molecule is CCCOO[As](=O)(O)c1ccc(NC(N)=O)cc1. The summed E-state index contributed by atoms with van der Waals surface area (Å²) in [7, 11) is 0. The second kappa shape index (κ2) is 6.60. The van der Waals surface area contributed by atoms with Crippen molar-refractivity contribution < 1.29 is 21.4 Å². The van der Waals surface area contributed by atoms with E-state index in [9.17, 15) is 12.6 Å². The second-order valence-electron chi connectivity index (χ2n) is 3.45. The summed E-state index contributed by atoms with van der Waals surface area (Å²) < 4.78 is 26.1. The van der Waals surface area contributed by atoms with Gasteiger partial charge < -0.3 is 0 Å². The Kier molecular flexibility index (Phi) is 5.43. The average molecular weight is 318 g/mol. The summed E-state index contributed by atoms with van der Waals surface area (Å²) in [5, 5.41) is 2.34. The molecule has 1 aromatic carbocycles. The van der Waals surface area contributed by atoms with E-state index in [1.165, 1.54) is 24.3 Å². The van der Waals surface area contributed by atoms with Crippen LogP contribution in [0, 0.1) is 0 Å². The molecule has 0 bridgehead atoms. The van der Waals surface area contributed by atoms with E-state index in [2.05, 4.69) is 14.1 Å². The topological polar surface area (TPSA) is 111 Å². The zero-order chi connectivity index (χ0) is 13.6. The molecule has 2 amide bonds. The van der Waals surface area contributed by atoms with Gasteiger partial charge in [0.05, 0.1) is 0 Å². The van der Waals surface area contributed by atoms with Gasteiger partial charge in [0.2, 0.25) is 0 Å². The molecule has 0 aliphatic carbocycles. The van der Waals surface area contributed by atoms with Crippen LogP contribution in [0.15, 0.2) is 24.3 Å². The van der Waals surface area contributed by atoms with Crippen molar-refractivity contribution in [3.63, 3.8) is 0 Å². The van der Waals surface area contributed by atoms with Crippen LogP contribution in [0.5, 0.6) is 0 Å². The number of hydrogen-bond donors (Lipinski definition) is 3. The van der Waals surface area contributed by atoms with Crippen LogP contribution in [-0.4, -0.2) is 30.9 Å². The molecule has 0 fully saturated rings. The summed E-state index contributed by atoms with van der Waals surface area (Å²) in [6.07, 6.45) is 0.678. The van der Waals surface area contributed by atoms with E-state index in [1.54, 1.807) is 0 Å². The summed E-state index contributed by atoms with van der Waals surface area (Å²) in [4.78, 5) is 15.2. The normalized spacial score (nSPS) is 13.9. The predicted molar refractivity (Wildman–Crippen MR) is 65.3 cm³/mol. The quantitative estimate of drug-likeness (QED) is 0.298. The zero-order valence-corrected chi connectivity index (χ0v) is 11.7. The second-order valence-corrected chi connectivity index (χ2v) is 7.03. The number of amides is 2. The maximum absolute atomic E-state index is 11.8. The number of urea groups is 1. The van der Waals surface area contributed by atoms with Crippen LogP contribution >= 0.6 is 0 Å². The van der Waals surface area contributed by atoms with E-state index in [0.29, 0.717) is 12.1 Å². The molecular formula is C10H15AsN2O5. The number of primary amides is 1. The van der Waals surface area contributed by atoms with Crippen molar-refractivity contribution >= 4 is 30.2 Å². The van der Waals surface area contributed by atoms with Crippen LogP contribution in [0.3, 0.4) is 0 Å². The number of benzene rings is 1. The molecular weight excluding hydrogens is 303 g/mol. The Morgan fingerprint density at radius 1 is 1.44 bits per heavy atom. The zero-order valence-electron chi connectivity index (χ0n) is 9.83. The van der Waals surface area contributed by atoms with Crippen molar-refractivity contribution in [2.24, 2.45) is 5.73 Å². The fourth-order valence-corrected chi connectivity index (χ4v) is 2.85. The molecule has 1 aromatic rings. The van der Waals surface area contributed by atoms with Crippen LogP contribution < -0.4 is 15.4 Å². The minimum absolute atomic E-state index is 0.124. The van der Waals surface area contributed by atoms with Gasteiger partial charge in [-0.1, -0.05) is 0 Å². The Balaban J connectivity index is 2.71. The van der Waals surface area contributed by atoms with Crippen molar-refractivity contribution in [1.82, 2.24) is 0 Å². The first kappa shape index (κ1) is 14.8. The van der Waals surface area contributed by atoms with Gasteiger partial charge in [-0.2, -0.15) is 0 Å².